The molecule has 2 N–H and O–H groups in total. The zero-order valence-corrected chi connectivity index (χ0v) is 15.9. The van der Waals surface area contributed by atoms with Crippen molar-refractivity contribution in [2.45, 2.75) is 4.90 Å². The molecular weight excluding hydrogens is 366 g/mol. The van der Waals surface area contributed by atoms with Crippen molar-refractivity contribution in [3.63, 3.8) is 0 Å². The minimum absolute atomic E-state index is 0.00822. The lowest BCUT2D eigenvalue weighted by Gasteiger charge is -2.06. The number of aromatic hydroxyl groups is 1. The SMILES string of the molecule is C=Cc1cc(/C=C/c2cccc(C(=O)Sc3ccccc3)c2)cc(C=N)c1O. The van der Waals surface area contributed by atoms with Crippen molar-refractivity contribution in [1.29, 1.82) is 5.41 Å². The molecule has 0 atom stereocenters. The number of phenolic OH excluding ortho intramolecular Hbond substituents is 1. The Morgan fingerprint density at radius 1 is 0.929 bits per heavy atom. The van der Waals surface area contributed by atoms with Gasteiger partial charge in [0.1, 0.15) is 5.75 Å². The van der Waals surface area contributed by atoms with Gasteiger partial charge >= 0.3 is 0 Å². The predicted octanol–water partition coefficient (Wildman–Crippen LogP) is 6.14. The lowest BCUT2D eigenvalue weighted by molar-refractivity contribution is 0.108. The molecule has 0 spiro atoms. The van der Waals surface area contributed by atoms with Crippen molar-refractivity contribution in [2.75, 3.05) is 0 Å². The van der Waals surface area contributed by atoms with Crippen LogP contribution in [-0.2, 0) is 0 Å². The Morgan fingerprint density at radius 3 is 2.36 bits per heavy atom. The molecule has 0 fully saturated rings. The van der Waals surface area contributed by atoms with Gasteiger partial charge in [0.15, 0.2) is 0 Å². The van der Waals surface area contributed by atoms with E-state index in [1.54, 1.807) is 24.3 Å². The fraction of sp³-hybridized carbons (Fsp3) is 0. The number of nitrogens with one attached hydrogen (secondary N) is 1. The van der Waals surface area contributed by atoms with E-state index in [0.717, 1.165) is 22.2 Å². The normalized spacial score (nSPS) is 10.7. The van der Waals surface area contributed by atoms with Crippen LogP contribution in [0.3, 0.4) is 0 Å². The summed E-state index contributed by atoms with van der Waals surface area (Å²) < 4.78 is 0. The zero-order chi connectivity index (χ0) is 19.9. The number of hydrogen-bond donors (Lipinski definition) is 2. The third-order valence-corrected chi connectivity index (χ3v) is 5.04. The van der Waals surface area contributed by atoms with E-state index in [9.17, 15) is 9.90 Å². The van der Waals surface area contributed by atoms with Crippen LogP contribution in [0.4, 0.5) is 0 Å². The van der Waals surface area contributed by atoms with Gasteiger partial charge in [0.2, 0.25) is 5.12 Å². The van der Waals surface area contributed by atoms with Gasteiger partial charge in [-0.15, -0.1) is 0 Å². The molecule has 0 aliphatic heterocycles. The average Bonchev–Trinajstić information content (AvgIpc) is 2.74. The molecule has 3 aromatic rings. The topological polar surface area (TPSA) is 61.2 Å². The number of rotatable bonds is 6. The third kappa shape index (κ3) is 4.67. The Bertz CT molecular complexity index is 1030. The van der Waals surface area contributed by atoms with E-state index >= 15 is 0 Å². The Morgan fingerprint density at radius 2 is 1.64 bits per heavy atom. The Balaban J connectivity index is 1.82. The highest BCUT2D eigenvalue weighted by Crippen LogP contribution is 2.26. The van der Waals surface area contributed by atoms with Gasteiger partial charge in [-0.1, -0.05) is 61.2 Å². The quantitative estimate of drug-likeness (QED) is 0.304. The molecule has 0 aliphatic rings. The Kier molecular flexibility index (Phi) is 6.25. The molecular formula is C24H19NO2S. The van der Waals surface area contributed by atoms with Gasteiger partial charge in [0.25, 0.3) is 0 Å². The summed E-state index contributed by atoms with van der Waals surface area (Å²) in [5, 5.41) is 17.5. The molecule has 3 nitrogen and oxygen atoms in total. The zero-order valence-electron chi connectivity index (χ0n) is 15.1. The molecule has 138 valence electrons. The first kappa shape index (κ1) is 19.4. The highest BCUT2D eigenvalue weighted by Gasteiger charge is 2.08. The average molecular weight is 385 g/mol. The minimum atomic E-state index is -0.00822. The molecule has 0 radical (unpaired) electrons. The van der Waals surface area contributed by atoms with Crippen molar-refractivity contribution in [2.24, 2.45) is 0 Å². The van der Waals surface area contributed by atoms with E-state index in [2.05, 4.69) is 6.58 Å². The van der Waals surface area contributed by atoms with Crippen LogP contribution in [-0.4, -0.2) is 16.4 Å². The van der Waals surface area contributed by atoms with Gasteiger partial charge < -0.3 is 10.5 Å². The number of carbonyl (C=O) groups excluding carboxylic acids is 1. The number of carbonyl (C=O) groups is 1. The number of thioether (sulfide) groups is 1. The van der Waals surface area contributed by atoms with Gasteiger partial charge in [0.05, 0.1) is 0 Å². The number of hydrogen-bond acceptors (Lipinski definition) is 4. The summed E-state index contributed by atoms with van der Waals surface area (Å²) in [5.74, 6) is 0.0488. The van der Waals surface area contributed by atoms with E-state index in [0.29, 0.717) is 16.7 Å². The fourth-order valence-electron chi connectivity index (χ4n) is 2.68. The third-order valence-electron chi connectivity index (χ3n) is 4.11. The summed E-state index contributed by atoms with van der Waals surface area (Å²) in [6.45, 7) is 3.69. The predicted molar refractivity (Wildman–Crippen MR) is 118 cm³/mol. The molecule has 4 heteroatoms. The van der Waals surface area contributed by atoms with Crippen LogP contribution in [0.1, 0.15) is 32.6 Å². The van der Waals surface area contributed by atoms with E-state index in [1.165, 1.54) is 11.8 Å². The summed E-state index contributed by atoms with van der Waals surface area (Å²) in [7, 11) is 0. The number of phenols is 1. The van der Waals surface area contributed by atoms with E-state index in [1.807, 2.05) is 60.7 Å². The van der Waals surface area contributed by atoms with Crippen molar-refractivity contribution in [3.05, 3.63) is 101 Å². The van der Waals surface area contributed by atoms with Crippen molar-refractivity contribution >= 4 is 41.3 Å². The van der Waals surface area contributed by atoms with Gasteiger partial charge in [-0.2, -0.15) is 0 Å². The van der Waals surface area contributed by atoms with E-state index in [-0.39, 0.29) is 10.9 Å². The fourth-order valence-corrected chi connectivity index (χ4v) is 3.43. The highest BCUT2D eigenvalue weighted by atomic mass is 32.2. The largest absolute Gasteiger partial charge is 0.507 e. The van der Waals surface area contributed by atoms with Gasteiger partial charge in [-0.05, 0) is 53.2 Å². The summed E-state index contributed by atoms with van der Waals surface area (Å²) in [4.78, 5) is 13.4. The van der Waals surface area contributed by atoms with Crippen LogP contribution >= 0.6 is 11.8 Å². The molecule has 0 unspecified atom stereocenters. The molecule has 3 rings (SSSR count). The lowest BCUT2D eigenvalue weighted by Crippen LogP contribution is -1.93. The van der Waals surface area contributed by atoms with E-state index in [4.69, 9.17) is 5.41 Å². The first-order valence-corrected chi connectivity index (χ1v) is 9.47. The molecule has 0 saturated carbocycles. The van der Waals surface area contributed by atoms with Crippen molar-refractivity contribution in [1.82, 2.24) is 0 Å². The van der Waals surface area contributed by atoms with Gasteiger partial charge in [0, 0.05) is 27.8 Å². The smallest absolute Gasteiger partial charge is 0.224 e. The second-order valence-electron chi connectivity index (χ2n) is 6.06. The summed E-state index contributed by atoms with van der Waals surface area (Å²) in [6.07, 6.45) is 6.45. The number of benzene rings is 3. The second kappa shape index (κ2) is 9.02. The molecule has 0 aliphatic carbocycles. The van der Waals surface area contributed by atoms with Crippen LogP contribution in [0.2, 0.25) is 0 Å². The first-order chi connectivity index (χ1) is 13.6. The summed E-state index contributed by atoms with van der Waals surface area (Å²) in [6, 6.07) is 20.5. The maximum atomic E-state index is 12.5. The molecule has 3 aromatic carbocycles. The van der Waals surface area contributed by atoms with Crippen molar-refractivity contribution < 1.29 is 9.90 Å². The second-order valence-corrected chi connectivity index (χ2v) is 7.10. The standard InChI is InChI=1S/C24H19NO2S/c1-2-19-14-18(15-21(16-25)23(19)26)12-11-17-7-6-8-20(13-17)24(27)28-22-9-4-3-5-10-22/h2-16,25-26H,1H2/b12-11+,25-16?. The van der Waals surface area contributed by atoms with Crippen molar-refractivity contribution in [3.8, 4) is 5.75 Å². The van der Waals surface area contributed by atoms with Crippen LogP contribution in [0.25, 0.3) is 18.2 Å². The molecule has 0 amide bonds. The Hall–Kier alpha value is -3.37. The van der Waals surface area contributed by atoms with Gasteiger partial charge in [-0.3, -0.25) is 4.79 Å². The lowest BCUT2D eigenvalue weighted by atomic mass is 10.0. The minimum Gasteiger partial charge on any atom is -0.507 e. The molecule has 0 bridgehead atoms. The molecule has 28 heavy (non-hydrogen) atoms. The van der Waals surface area contributed by atoms with Crippen LogP contribution in [0.15, 0.2) is 78.2 Å². The maximum absolute atomic E-state index is 12.5. The van der Waals surface area contributed by atoms with Crippen LogP contribution in [0.5, 0.6) is 5.75 Å². The Labute approximate surface area is 168 Å². The van der Waals surface area contributed by atoms with Crippen LogP contribution in [0, 0.1) is 5.41 Å². The van der Waals surface area contributed by atoms with Crippen LogP contribution < -0.4 is 0 Å². The summed E-state index contributed by atoms with van der Waals surface area (Å²) >= 11 is 1.20. The molecule has 0 heterocycles. The van der Waals surface area contributed by atoms with E-state index < -0.39 is 0 Å². The highest BCUT2D eigenvalue weighted by molar-refractivity contribution is 8.14. The monoisotopic (exact) mass is 385 g/mol. The first-order valence-electron chi connectivity index (χ1n) is 8.66. The molecule has 0 saturated heterocycles. The summed E-state index contributed by atoms with van der Waals surface area (Å²) in [5.41, 5.74) is 3.36. The van der Waals surface area contributed by atoms with Gasteiger partial charge in [-0.25, -0.2) is 0 Å². The maximum Gasteiger partial charge on any atom is 0.224 e. The molecule has 0 aromatic heterocycles.